The topological polar surface area (TPSA) is 34.1 Å². The number of unbranched alkanes of at least 4 members (excludes halogenated alkanes) is 3. The third kappa shape index (κ3) is 8.95. The maximum absolute atomic E-state index is 12.3. The second kappa shape index (κ2) is 12.6. The zero-order chi connectivity index (χ0) is 20.3. The summed E-state index contributed by atoms with van der Waals surface area (Å²) in [7, 11) is -3.07. The van der Waals surface area contributed by atoms with E-state index >= 15 is 0 Å². The molecule has 26 heavy (non-hydrogen) atoms. The Morgan fingerprint density at radius 1 is 0.885 bits per heavy atom. The fraction of sp³-hybridized carbons (Fsp3) is 0.818. The zero-order valence-corrected chi connectivity index (χ0v) is 22.2. The van der Waals surface area contributed by atoms with E-state index < -0.39 is 33.0 Å². The summed E-state index contributed by atoms with van der Waals surface area (Å²) in [6.07, 6.45) is 14.1. The third-order valence-electron chi connectivity index (χ3n) is 5.59. The molecule has 2 nitrogen and oxygen atoms in total. The van der Waals surface area contributed by atoms with Crippen LogP contribution in [0.15, 0.2) is 21.8 Å². The van der Waals surface area contributed by atoms with Gasteiger partial charge in [0.2, 0.25) is 0 Å². The third-order valence-corrected chi connectivity index (χ3v) is 24.6. The molecule has 0 N–H and O–H groups in total. The standard InChI is InChI=1S/C10H17O2S.3C4H9.Sn/c1-5-6-7-8-9-13(11,12)10(2,3)4;3*1-3-4-2;/h6-8H,9H2,1-4H3;3*1,3-4H2,2H3;/b6-5?,8-7+;;;;. The molecule has 154 valence electrons. The molecule has 0 aromatic rings. The fourth-order valence-electron chi connectivity index (χ4n) is 3.33. The predicted molar refractivity (Wildman–Crippen MR) is 121 cm³/mol. The van der Waals surface area contributed by atoms with Crippen LogP contribution >= 0.6 is 0 Å². The van der Waals surface area contributed by atoms with Crippen LogP contribution in [0.1, 0.15) is 87.0 Å². The van der Waals surface area contributed by atoms with Crippen molar-refractivity contribution in [2.45, 2.75) is 105 Å². The fourth-order valence-corrected chi connectivity index (χ4v) is 19.8. The summed E-state index contributed by atoms with van der Waals surface area (Å²) in [6, 6.07) is 0. The molecule has 0 radical (unpaired) electrons. The molecule has 4 heteroatoms. The van der Waals surface area contributed by atoms with Gasteiger partial charge in [0, 0.05) is 0 Å². The molecule has 0 unspecified atom stereocenters. The van der Waals surface area contributed by atoms with E-state index in [1.54, 1.807) is 24.4 Å². The van der Waals surface area contributed by atoms with Gasteiger partial charge in [0.1, 0.15) is 0 Å². The molecular weight excluding hydrogens is 447 g/mol. The molecule has 0 saturated carbocycles. The minimum atomic E-state index is -3.07. The van der Waals surface area contributed by atoms with Crippen molar-refractivity contribution in [1.82, 2.24) is 0 Å². The Balaban J connectivity index is 5.36. The zero-order valence-electron chi connectivity index (χ0n) is 18.5. The summed E-state index contributed by atoms with van der Waals surface area (Å²) in [4.78, 5) is 0. The Hall–Kier alpha value is 0.229. The first-order valence-electron chi connectivity index (χ1n) is 10.6. The van der Waals surface area contributed by atoms with Gasteiger partial charge in [0.05, 0.1) is 0 Å². The van der Waals surface area contributed by atoms with E-state index in [1.807, 2.05) is 12.2 Å². The predicted octanol–water partition coefficient (Wildman–Crippen LogP) is 7.09. The van der Waals surface area contributed by atoms with Gasteiger partial charge in [-0.2, -0.15) is 0 Å². The molecule has 0 aliphatic rings. The first-order chi connectivity index (χ1) is 12.1. The van der Waals surface area contributed by atoms with Crippen LogP contribution in [0.4, 0.5) is 0 Å². The average molecular weight is 491 g/mol. The first-order valence-corrected chi connectivity index (χ1v) is 19.8. The molecule has 0 amide bonds. The summed E-state index contributed by atoms with van der Waals surface area (Å²) in [5, 5.41) is 0. The van der Waals surface area contributed by atoms with Crippen molar-refractivity contribution in [1.29, 1.82) is 0 Å². The second-order valence-corrected chi connectivity index (χ2v) is 25.4. The van der Waals surface area contributed by atoms with E-state index in [1.165, 1.54) is 51.8 Å². The molecule has 0 saturated heterocycles. The van der Waals surface area contributed by atoms with Crippen LogP contribution < -0.4 is 0 Å². The van der Waals surface area contributed by atoms with Gasteiger partial charge in [-0.25, -0.2) is 0 Å². The molecule has 0 aromatic heterocycles. The van der Waals surface area contributed by atoms with Crippen LogP contribution in [0, 0.1) is 0 Å². The summed E-state index contributed by atoms with van der Waals surface area (Å²) >= 11 is -2.32. The van der Waals surface area contributed by atoms with Crippen molar-refractivity contribution >= 4 is 28.2 Å². The van der Waals surface area contributed by atoms with E-state index in [9.17, 15) is 8.42 Å². The quantitative estimate of drug-likeness (QED) is 0.204. The average Bonchev–Trinajstić information content (AvgIpc) is 2.57. The van der Waals surface area contributed by atoms with Gasteiger partial charge >= 0.3 is 169 Å². The summed E-state index contributed by atoms with van der Waals surface area (Å²) in [5.41, 5.74) is 0. The normalized spacial score (nSPS) is 14.3. The molecule has 0 aliphatic heterocycles. The molecule has 0 bridgehead atoms. The van der Waals surface area contributed by atoms with Gasteiger partial charge in [0.25, 0.3) is 0 Å². The SMILES string of the molecule is CCC[CH2][Sn]([CH2]CCC)([CH2]CCC)/[C](C)=C/C=C/CS(=O)(=O)C(C)(C)C. The van der Waals surface area contributed by atoms with E-state index in [0.29, 0.717) is 0 Å². The number of hydrogen-bond donors (Lipinski definition) is 0. The van der Waals surface area contributed by atoms with E-state index in [4.69, 9.17) is 0 Å². The van der Waals surface area contributed by atoms with Crippen LogP contribution in [0.5, 0.6) is 0 Å². The molecule has 0 heterocycles. The minimum absolute atomic E-state index is 0.141. The number of hydrogen-bond acceptors (Lipinski definition) is 2. The Morgan fingerprint density at radius 2 is 1.31 bits per heavy atom. The van der Waals surface area contributed by atoms with Gasteiger partial charge in [-0.15, -0.1) is 0 Å². The van der Waals surface area contributed by atoms with Gasteiger partial charge in [-0.05, 0) is 0 Å². The van der Waals surface area contributed by atoms with Gasteiger partial charge in [0.15, 0.2) is 0 Å². The van der Waals surface area contributed by atoms with Crippen molar-refractivity contribution in [3.8, 4) is 0 Å². The Labute approximate surface area is 168 Å². The summed E-state index contributed by atoms with van der Waals surface area (Å²) < 4.78 is 29.9. The molecule has 0 aliphatic carbocycles. The van der Waals surface area contributed by atoms with E-state index in [-0.39, 0.29) is 5.75 Å². The first kappa shape index (κ1) is 26.2. The van der Waals surface area contributed by atoms with E-state index in [2.05, 4.69) is 33.8 Å². The summed E-state index contributed by atoms with van der Waals surface area (Å²) in [5.74, 6) is 0.141. The van der Waals surface area contributed by atoms with Crippen LogP contribution in [0.2, 0.25) is 13.3 Å². The molecule has 0 spiro atoms. The van der Waals surface area contributed by atoms with Crippen LogP contribution in [0.3, 0.4) is 0 Å². The molecular formula is C22H44O2SSn. The van der Waals surface area contributed by atoms with Crippen molar-refractivity contribution in [3.63, 3.8) is 0 Å². The maximum atomic E-state index is 12.3. The Bertz CT molecular complexity index is 517. The van der Waals surface area contributed by atoms with Crippen molar-refractivity contribution in [3.05, 3.63) is 21.8 Å². The van der Waals surface area contributed by atoms with Crippen LogP contribution in [-0.4, -0.2) is 37.3 Å². The monoisotopic (exact) mass is 492 g/mol. The van der Waals surface area contributed by atoms with Crippen LogP contribution in [0.25, 0.3) is 0 Å². The molecule has 0 aromatic carbocycles. The van der Waals surface area contributed by atoms with Gasteiger partial charge in [-0.3, -0.25) is 0 Å². The molecule has 0 fully saturated rings. The van der Waals surface area contributed by atoms with Crippen molar-refractivity contribution in [2.24, 2.45) is 0 Å². The Kier molecular flexibility index (Phi) is 12.8. The van der Waals surface area contributed by atoms with Gasteiger partial charge < -0.3 is 0 Å². The number of sulfone groups is 1. The number of allylic oxidation sites excluding steroid dienone is 3. The van der Waals surface area contributed by atoms with Gasteiger partial charge in [-0.1, -0.05) is 0 Å². The molecule has 0 rings (SSSR count). The Morgan fingerprint density at radius 3 is 1.65 bits per heavy atom. The summed E-state index contributed by atoms with van der Waals surface area (Å²) in [6.45, 7) is 14.6. The second-order valence-electron chi connectivity index (χ2n) is 8.76. The molecule has 0 atom stereocenters. The van der Waals surface area contributed by atoms with Crippen LogP contribution in [-0.2, 0) is 9.84 Å². The van der Waals surface area contributed by atoms with Crippen molar-refractivity contribution < 1.29 is 8.42 Å². The number of rotatable bonds is 13. The van der Waals surface area contributed by atoms with Crippen molar-refractivity contribution in [2.75, 3.05) is 5.75 Å². The van der Waals surface area contributed by atoms with E-state index in [0.717, 1.165) is 0 Å².